The molecule has 3 aromatic rings. The molecule has 1 saturated heterocycles. The van der Waals surface area contributed by atoms with E-state index in [0.717, 1.165) is 41.9 Å². The summed E-state index contributed by atoms with van der Waals surface area (Å²) < 4.78 is 24.7. The van der Waals surface area contributed by atoms with E-state index in [9.17, 15) is 9.18 Å². The summed E-state index contributed by atoms with van der Waals surface area (Å²) in [4.78, 5) is 19.6. The van der Waals surface area contributed by atoms with Crippen LogP contribution in [-0.4, -0.2) is 35.5 Å². The van der Waals surface area contributed by atoms with Crippen molar-refractivity contribution in [2.45, 2.75) is 25.3 Å². The minimum atomic E-state index is -0.290. The number of fused-ring (bicyclic) bond motifs is 1. The third-order valence-corrected chi connectivity index (χ3v) is 6.38. The fraction of sp³-hybridized carbons (Fsp3) is 0.304. The number of rotatable bonds is 3. The second-order valence-electron chi connectivity index (χ2n) is 7.46. The molecule has 2 aromatic carbocycles. The number of carbonyl (C=O) groups is 1. The molecule has 5 rings (SSSR count). The molecule has 0 bridgehead atoms. The summed E-state index contributed by atoms with van der Waals surface area (Å²) in [6.07, 6.45) is 2.71. The van der Waals surface area contributed by atoms with Crippen molar-refractivity contribution in [1.29, 1.82) is 0 Å². The molecule has 30 heavy (non-hydrogen) atoms. The summed E-state index contributed by atoms with van der Waals surface area (Å²) in [7, 11) is 0. The fourth-order valence-electron chi connectivity index (χ4n) is 3.99. The fourth-order valence-corrected chi connectivity index (χ4v) is 4.79. The van der Waals surface area contributed by atoms with E-state index < -0.39 is 0 Å². The molecule has 0 radical (unpaired) electrons. The van der Waals surface area contributed by atoms with Gasteiger partial charge in [0.05, 0.1) is 19.3 Å². The number of benzene rings is 2. The number of carbonyl (C=O) groups excluding carboxylic acids is 1. The number of halogens is 1. The zero-order chi connectivity index (χ0) is 20.5. The first-order valence-corrected chi connectivity index (χ1v) is 11.0. The van der Waals surface area contributed by atoms with Crippen LogP contribution >= 0.6 is 11.3 Å². The molecule has 2 aliphatic heterocycles. The Hall–Kier alpha value is -2.93. The molecular formula is C23H21FN2O3S. The van der Waals surface area contributed by atoms with E-state index in [-0.39, 0.29) is 17.8 Å². The predicted molar refractivity (Wildman–Crippen MR) is 113 cm³/mol. The van der Waals surface area contributed by atoms with Crippen LogP contribution in [0.1, 0.15) is 41.4 Å². The first-order chi connectivity index (χ1) is 14.7. The van der Waals surface area contributed by atoms with Crippen molar-refractivity contribution < 1.29 is 18.7 Å². The average molecular weight is 424 g/mol. The van der Waals surface area contributed by atoms with Crippen LogP contribution in [-0.2, 0) is 0 Å². The highest BCUT2D eigenvalue weighted by molar-refractivity contribution is 7.13. The monoisotopic (exact) mass is 424 g/mol. The summed E-state index contributed by atoms with van der Waals surface area (Å²) >= 11 is 1.40. The third-order valence-electron chi connectivity index (χ3n) is 5.48. The maximum atomic E-state index is 13.2. The van der Waals surface area contributed by atoms with Gasteiger partial charge in [-0.2, -0.15) is 0 Å². The van der Waals surface area contributed by atoms with E-state index in [1.54, 1.807) is 17.5 Å². The third kappa shape index (κ3) is 3.65. The number of amides is 1. The molecule has 0 saturated carbocycles. The minimum Gasteiger partial charge on any atom is -0.490 e. The quantitative estimate of drug-likeness (QED) is 0.588. The molecule has 1 atom stereocenters. The standard InChI is InChI=1S/C23H21FN2O3S/c24-17-7-4-15(5-8-17)22-25-18(14-30-22)23(27)26-10-1-3-19(26)16-6-9-20-21(13-16)29-12-2-11-28-20/h4-9,13-14,19H,1-3,10-12H2. The number of aromatic nitrogens is 1. The van der Waals surface area contributed by atoms with Crippen molar-refractivity contribution in [1.82, 2.24) is 9.88 Å². The van der Waals surface area contributed by atoms with Gasteiger partial charge in [0, 0.05) is 23.9 Å². The van der Waals surface area contributed by atoms with Gasteiger partial charge in [0.25, 0.3) is 5.91 Å². The number of hydrogen-bond donors (Lipinski definition) is 0. The molecule has 1 amide bonds. The van der Waals surface area contributed by atoms with E-state index >= 15 is 0 Å². The molecule has 0 N–H and O–H groups in total. The van der Waals surface area contributed by atoms with Crippen molar-refractivity contribution in [2.75, 3.05) is 19.8 Å². The normalized spacial score (nSPS) is 18.3. The molecule has 1 unspecified atom stereocenters. The second-order valence-corrected chi connectivity index (χ2v) is 8.32. The molecule has 0 spiro atoms. The Morgan fingerprint density at radius 3 is 2.70 bits per heavy atom. The van der Waals surface area contributed by atoms with E-state index in [4.69, 9.17) is 9.47 Å². The molecular weight excluding hydrogens is 403 g/mol. The molecule has 3 heterocycles. The molecule has 1 aromatic heterocycles. The van der Waals surface area contributed by atoms with Crippen LogP contribution in [0, 0.1) is 5.82 Å². The van der Waals surface area contributed by atoms with Crippen LogP contribution < -0.4 is 9.47 Å². The number of hydrogen-bond acceptors (Lipinski definition) is 5. The summed E-state index contributed by atoms with van der Waals surface area (Å²) in [5, 5.41) is 2.49. The van der Waals surface area contributed by atoms with Gasteiger partial charge in [0.2, 0.25) is 0 Å². The lowest BCUT2D eigenvalue weighted by molar-refractivity contribution is 0.0730. The zero-order valence-electron chi connectivity index (χ0n) is 16.3. The molecule has 154 valence electrons. The Morgan fingerprint density at radius 1 is 1.07 bits per heavy atom. The smallest absolute Gasteiger partial charge is 0.273 e. The highest BCUT2D eigenvalue weighted by Crippen LogP contribution is 2.38. The Bertz CT molecular complexity index is 1070. The minimum absolute atomic E-state index is 0.00868. The van der Waals surface area contributed by atoms with Gasteiger partial charge < -0.3 is 14.4 Å². The largest absolute Gasteiger partial charge is 0.490 e. The molecule has 0 aliphatic carbocycles. The van der Waals surface area contributed by atoms with Gasteiger partial charge in [-0.3, -0.25) is 4.79 Å². The van der Waals surface area contributed by atoms with Crippen molar-refractivity contribution in [3.8, 4) is 22.1 Å². The lowest BCUT2D eigenvalue weighted by atomic mass is 10.0. The van der Waals surface area contributed by atoms with Gasteiger partial charge in [-0.25, -0.2) is 9.37 Å². The summed E-state index contributed by atoms with van der Waals surface area (Å²) in [5.41, 5.74) is 2.29. The van der Waals surface area contributed by atoms with Crippen LogP contribution in [0.25, 0.3) is 10.6 Å². The van der Waals surface area contributed by atoms with Crippen LogP contribution in [0.4, 0.5) is 4.39 Å². The summed E-state index contributed by atoms with van der Waals surface area (Å²) in [5.74, 6) is 1.14. The zero-order valence-corrected chi connectivity index (χ0v) is 17.2. The van der Waals surface area contributed by atoms with Gasteiger partial charge in [-0.1, -0.05) is 6.07 Å². The predicted octanol–water partition coefficient (Wildman–Crippen LogP) is 5.09. The SMILES string of the molecule is O=C(c1csc(-c2ccc(F)cc2)n1)N1CCCC1c1ccc2c(c1)OCCCO2. The average Bonchev–Trinajstić information content (AvgIpc) is 3.39. The molecule has 1 fully saturated rings. The maximum absolute atomic E-state index is 13.2. The molecule has 7 heteroatoms. The maximum Gasteiger partial charge on any atom is 0.273 e. The highest BCUT2D eigenvalue weighted by atomic mass is 32.1. The van der Waals surface area contributed by atoms with Crippen molar-refractivity contribution in [2.24, 2.45) is 0 Å². The second kappa shape index (κ2) is 8.07. The number of nitrogens with zero attached hydrogens (tertiary/aromatic N) is 2. The Kier molecular flexibility index (Phi) is 5.12. The van der Waals surface area contributed by atoms with Gasteiger partial charge >= 0.3 is 0 Å². The van der Waals surface area contributed by atoms with Crippen molar-refractivity contribution in [3.05, 3.63) is 64.9 Å². The Labute approximate surface area is 178 Å². The van der Waals surface area contributed by atoms with Crippen molar-refractivity contribution >= 4 is 17.2 Å². The van der Waals surface area contributed by atoms with E-state index in [1.165, 1.54) is 23.5 Å². The topological polar surface area (TPSA) is 51.7 Å². The highest BCUT2D eigenvalue weighted by Gasteiger charge is 2.32. The van der Waals surface area contributed by atoms with E-state index in [2.05, 4.69) is 4.98 Å². The van der Waals surface area contributed by atoms with Crippen LogP contribution in [0.3, 0.4) is 0 Å². The van der Waals surface area contributed by atoms with Crippen LogP contribution in [0.15, 0.2) is 47.8 Å². The van der Waals surface area contributed by atoms with E-state index in [0.29, 0.717) is 30.5 Å². The lowest BCUT2D eigenvalue weighted by Crippen LogP contribution is -2.30. The van der Waals surface area contributed by atoms with Gasteiger partial charge in [0.1, 0.15) is 16.5 Å². The first-order valence-electron chi connectivity index (χ1n) is 10.1. The first kappa shape index (κ1) is 19.1. The molecule has 2 aliphatic rings. The van der Waals surface area contributed by atoms with Crippen molar-refractivity contribution in [3.63, 3.8) is 0 Å². The van der Waals surface area contributed by atoms with E-state index in [1.807, 2.05) is 23.1 Å². The molecule has 5 nitrogen and oxygen atoms in total. The van der Waals surface area contributed by atoms with Gasteiger partial charge in [0.15, 0.2) is 11.5 Å². The van der Waals surface area contributed by atoms with Crippen LogP contribution in [0.5, 0.6) is 11.5 Å². The van der Waals surface area contributed by atoms with Gasteiger partial charge in [-0.05, 0) is 54.8 Å². The Morgan fingerprint density at radius 2 is 1.87 bits per heavy atom. The summed E-state index contributed by atoms with van der Waals surface area (Å²) in [6, 6.07) is 12.1. The number of likely N-dealkylation sites (tertiary alicyclic amines) is 1. The lowest BCUT2D eigenvalue weighted by Gasteiger charge is -2.25. The van der Waals surface area contributed by atoms with Gasteiger partial charge in [-0.15, -0.1) is 11.3 Å². The summed E-state index contributed by atoms with van der Waals surface area (Å²) in [6.45, 7) is 1.98. The number of thiazole rings is 1. The van der Waals surface area contributed by atoms with Crippen LogP contribution in [0.2, 0.25) is 0 Å². The Balaban J connectivity index is 1.38. The number of ether oxygens (including phenoxy) is 2.